The van der Waals surface area contributed by atoms with Crippen LogP contribution in [0.1, 0.15) is 24.4 Å². The highest BCUT2D eigenvalue weighted by Gasteiger charge is 2.37. The quantitative estimate of drug-likeness (QED) is 0.690. The van der Waals surface area contributed by atoms with Crippen molar-refractivity contribution in [3.8, 4) is 5.75 Å². The molecule has 0 aliphatic carbocycles. The van der Waals surface area contributed by atoms with Crippen molar-refractivity contribution in [3.63, 3.8) is 0 Å². The number of benzene rings is 2. The minimum atomic E-state index is -0.407. The van der Waals surface area contributed by atoms with Gasteiger partial charge in [-0.25, -0.2) is 4.68 Å². The Hall–Kier alpha value is -3.00. The van der Waals surface area contributed by atoms with Crippen LogP contribution in [0.5, 0.6) is 5.75 Å². The first-order valence-corrected chi connectivity index (χ1v) is 9.95. The minimum Gasteiger partial charge on any atom is -0.497 e. The Morgan fingerprint density at radius 1 is 1.18 bits per heavy atom. The van der Waals surface area contributed by atoms with Crippen LogP contribution in [0.4, 0.5) is 5.69 Å². The van der Waals surface area contributed by atoms with Gasteiger partial charge in [0, 0.05) is 12.1 Å². The van der Waals surface area contributed by atoms with Crippen LogP contribution >= 0.6 is 11.8 Å². The van der Waals surface area contributed by atoms with E-state index in [1.54, 1.807) is 7.11 Å². The number of carbonyl (C=O) groups excluding carboxylic acids is 1. The molecule has 0 bridgehead atoms. The van der Waals surface area contributed by atoms with Crippen LogP contribution in [0.15, 0.2) is 59.8 Å². The van der Waals surface area contributed by atoms with Gasteiger partial charge in [-0.15, -0.1) is 10.2 Å². The van der Waals surface area contributed by atoms with Gasteiger partial charge in [0.15, 0.2) is 5.82 Å². The highest BCUT2D eigenvalue weighted by atomic mass is 32.2. The molecular weight excluding hydrogens is 374 g/mol. The monoisotopic (exact) mass is 395 g/mol. The van der Waals surface area contributed by atoms with Crippen molar-refractivity contribution in [2.24, 2.45) is 0 Å². The minimum absolute atomic E-state index is 0.0863. The first-order valence-electron chi connectivity index (χ1n) is 9.07. The molecule has 2 atom stereocenters. The van der Waals surface area contributed by atoms with Crippen LogP contribution in [0.3, 0.4) is 0 Å². The van der Waals surface area contributed by atoms with Crippen molar-refractivity contribution in [1.82, 2.24) is 14.9 Å². The summed E-state index contributed by atoms with van der Waals surface area (Å²) in [5.41, 5.74) is 5.19. The molecule has 0 saturated heterocycles. The number of rotatable bonds is 5. The third kappa shape index (κ3) is 3.55. The Morgan fingerprint density at radius 2 is 1.93 bits per heavy atom. The molecular formula is C20H21N5O2S. The van der Waals surface area contributed by atoms with Crippen LogP contribution in [0, 0.1) is 0 Å². The van der Waals surface area contributed by atoms with E-state index < -0.39 is 5.25 Å². The number of aryl methyl sites for hydroxylation is 1. The zero-order chi connectivity index (χ0) is 19.5. The molecule has 28 heavy (non-hydrogen) atoms. The van der Waals surface area contributed by atoms with E-state index in [4.69, 9.17) is 4.74 Å². The molecule has 4 rings (SSSR count). The van der Waals surface area contributed by atoms with Crippen molar-refractivity contribution < 1.29 is 9.53 Å². The molecule has 1 aromatic heterocycles. The topological polar surface area (TPSA) is 81.1 Å². The van der Waals surface area contributed by atoms with Gasteiger partial charge in [0.1, 0.15) is 11.0 Å². The van der Waals surface area contributed by atoms with Gasteiger partial charge >= 0.3 is 0 Å². The average Bonchev–Trinajstić information content (AvgIpc) is 3.15. The summed E-state index contributed by atoms with van der Waals surface area (Å²) in [5, 5.41) is 11.7. The van der Waals surface area contributed by atoms with Gasteiger partial charge in [-0.2, -0.15) is 0 Å². The normalized spacial score (nSPS) is 18.1. The van der Waals surface area contributed by atoms with Gasteiger partial charge < -0.3 is 15.5 Å². The third-order valence-corrected chi connectivity index (χ3v) is 5.81. The van der Waals surface area contributed by atoms with Gasteiger partial charge in [0.2, 0.25) is 11.1 Å². The molecule has 1 amide bonds. The summed E-state index contributed by atoms with van der Waals surface area (Å²) in [6.45, 7) is 2.03. The third-order valence-electron chi connectivity index (χ3n) is 4.59. The summed E-state index contributed by atoms with van der Waals surface area (Å²) in [6, 6.07) is 17.0. The Morgan fingerprint density at radius 3 is 2.61 bits per heavy atom. The van der Waals surface area contributed by atoms with E-state index in [0.717, 1.165) is 29.2 Å². The molecule has 2 heterocycles. The highest BCUT2D eigenvalue weighted by molar-refractivity contribution is 8.00. The lowest BCUT2D eigenvalue weighted by Crippen LogP contribution is -2.41. The van der Waals surface area contributed by atoms with E-state index in [-0.39, 0.29) is 11.9 Å². The maximum Gasteiger partial charge on any atom is 0.240 e. The number of fused-ring (bicyclic) bond motifs is 1. The molecule has 7 nitrogen and oxygen atoms in total. The number of methoxy groups -OCH3 is 1. The number of hydrogen-bond acceptors (Lipinski definition) is 6. The van der Waals surface area contributed by atoms with Gasteiger partial charge in [0.05, 0.1) is 13.2 Å². The van der Waals surface area contributed by atoms with Crippen LogP contribution in [-0.2, 0) is 11.2 Å². The Kier molecular flexibility index (Phi) is 5.21. The van der Waals surface area contributed by atoms with Gasteiger partial charge in [0.25, 0.3) is 0 Å². The number of nitrogens with one attached hydrogen (secondary N) is 2. The predicted molar refractivity (Wildman–Crippen MR) is 109 cm³/mol. The maximum atomic E-state index is 13.1. The molecule has 144 valence electrons. The largest absolute Gasteiger partial charge is 0.497 e. The Labute approximate surface area is 167 Å². The van der Waals surface area contributed by atoms with E-state index in [0.29, 0.717) is 5.16 Å². The van der Waals surface area contributed by atoms with Crippen molar-refractivity contribution >= 4 is 23.4 Å². The fourth-order valence-electron chi connectivity index (χ4n) is 3.12. The zero-order valence-electron chi connectivity index (χ0n) is 15.6. The molecule has 0 radical (unpaired) electrons. The molecule has 1 aliphatic rings. The number of nitrogens with zero attached hydrogens (tertiary/aromatic N) is 3. The molecule has 2 N–H and O–H groups in total. The standard InChI is InChI=1S/C20H21N5O2S/c1-3-16-22-23-20-25(16)24-17(13-9-11-15(27-2)12-10-13)18(28-20)19(26)21-14-7-5-4-6-8-14/h4-12,17-18,24H,3H2,1-2H3,(H,21,26)/t17-,18+/m1/s1. The van der Waals surface area contributed by atoms with Crippen LogP contribution in [0.25, 0.3) is 0 Å². The number of anilines is 1. The SMILES string of the molecule is CCc1nnc2n1N[C@H](c1ccc(OC)cc1)[C@@H](C(=O)Nc1ccccc1)S2. The smallest absolute Gasteiger partial charge is 0.240 e. The number of amides is 1. The Bertz CT molecular complexity index is 958. The lowest BCUT2D eigenvalue weighted by atomic mass is 10.0. The second-order valence-electron chi connectivity index (χ2n) is 6.36. The highest BCUT2D eigenvalue weighted by Crippen LogP contribution is 2.38. The molecule has 0 saturated carbocycles. The van der Waals surface area contributed by atoms with Crippen LogP contribution in [0.2, 0.25) is 0 Å². The van der Waals surface area contributed by atoms with E-state index in [2.05, 4.69) is 20.9 Å². The number of thioether (sulfide) groups is 1. The fraction of sp³-hybridized carbons (Fsp3) is 0.250. The van der Waals surface area contributed by atoms with Crippen molar-refractivity contribution in [2.45, 2.75) is 29.8 Å². The summed E-state index contributed by atoms with van der Waals surface area (Å²) in [7, 11) is 1.64. The maximum absolute atomic E-state index is 13.1. The fourth-order valence-corrected chi connectivity index (χ4v) is 4.22. The summed E-state index contributed by atoms with van der Waals surface area (Å²) in [5.74, 6) is 1.52. The zero-order valence-corrected chi connectivity index (χ0v) is 16.4. The van der Waals surface area contributed by atoms with Gasteiger partial charge in [-0.05, 0) is 29.8 Å². The van der Waals surface area contributed by atoms with E-state index >= 15 is 0 Å². The second kappa shape index (κ2) is 7.93. The predicted octanol–water partition coefficient (Wildman–Crippen LogP) is 3.25. The van der Waals surface area contributed by atoms with Gasteiger partial charge in [-0.1, -0.05) is 49.0 Å². The summed E-state index contributed by atoms with van der Waals surface area (Å²) < 4.78 is 7.14. The summed E-state index contributed by atoms with van der Waals surface area (Å²) in [6.07, 6.45) is 0.747. The van der Waals surface area contributed by atoms with E-state index in [9.17, 15) is 4.79 Å². The van der Waals surface area contributed by atoms with Gasteiger partial charge in [-0.3, -0.25) is 4.79 Å². The molecule has 8 heteroatoms. The first kappa shape index (κ1) is 18.4. The number of aromatic nitrogens is 3. The summed E-state index contributed by atoms with van der Waals surface area (Å²) in [4.78, 5) is 13.1. The van der Waals surface area contributed by atoms with Crippen molar-refractivity contribution in [2.75, 3.05) is 17.9 Å². The van der Waals surface area contributed by atoms with Crippen LogP contribution < -0.4 is 15.5 Å². The van der Waals surface area contributed by atoms with E-state index in [1.807, 2.05) is 66.2 Å². The number of para-hydroxylation sites is 1. The average molecular weight is 395 g/mol. The Balaban J connectivity index is 1.67. The van der Waals surface area contributed by atoms with E-state index in [1.165, 1.54) is 11.8 Å². The molecule has 0 unspecified atom stereocenters. The molecule has 2 aromatic carbocycles. The molecule has 0 spiro atoms. The van der Waals surface area contributed by atoms with Crippen LogP contribution in [-0.4, -0.2) is 33.1 Å². The molecule has 3 aromatic rings. The lowest BCUT2D eigenvalue weighted by molar-refractivity contribution is -0.116. The number of hydrogen-bond donors (Lipinski definition) is 2. The summed E-state index contributed by atoms with van der Waals surface area (Å²) >= 11 is 1.42. The van der Waals surface area contributed by atoms with Crippen molar-refractivity contribution in [3.05, 3.63) is 66.0 Å². The molecule has 1 aliphatic heterocycles. The first-order chi connectivity index (χ1) is 13.7. The lowest BCUT2D eigenvalue weighted by Gasteiger charge is -2.33. The molecule has 0 fully saturated rings. The number of carbonyl (C=O) groups is 1. The number of ether oxygens (including phenoxy) is 1. The van der Waals surface area contributed by atoms with Crippen molar-refractivity contribution in [1.29, 1.82) is 0 Å². The second-order valence-corrected chi connectivity index (χ2v) is 7.47.